The Balaban J connectivity index is 1.62. The highest BCUT2D eigenvalue weighted by Gasteiger charge is 2.25. The number of rotatable bonds is 5. The second kappa shape index (κ2) is 5.61. The Labute approximate surface area is 96.4 Å². The van der Waals surface area contributed by atoms with E-state index in [0.717, 1.165) is 45.6 Å². The lowest BCUT2D eigenvalue weighted by atomic mass is 10.3. The molecule has 2 fully saturated rings. The van der Waals surface area contributed by atoms with Crippen LogP contribution in [0, 0.1) is 0 Å². The van der Waals surface area contributed by atoms with Crippen molar-refractivity contribution in [3.05, 3.63) is 0 Å². The monoisotopic (exact) mass is 227 g/mol. The fourth-order valence-electron chi connectivity index (χ4n) is 2.02. The van der Waals surface area contributed by atoms with Crippen LogP contribution < -0.4 is 5.32 Å². The number of carbonyl (C=O) groups excluding carboxylic acids is 1. The van der Waals surface area contributed by atoms with Gasteiger partial charge in [-0.1, -0.05) is 0 Å². The van der Waals surface area contributed by atoms with Gasteiger partial charge in [-0.15, -0.1) is 0 Å². The second-order valence-electron chi connectivity index (χ2n) is 4.68. The van der Waals surface area contributed by atoms with Crippen molar-refractivity contribution in [2.24, 2.45) is 0 Å². The zero-order valence-electron chi connectivity index (χ0n) is 9.69. The lowest BCUT2D eigenvalue weighted by Gasteiger charge is -2.33. The Morgan fingerprint density at radius 3 is 2.38 bits per heavy atom. The van der Waals surface area contributed by atoms with Crippen LogP contribution in [-0.4, -0.2) is 72.7 Å². The van der Waals surface area contributed by atoms with Crippen LogP contribution in [0.4, 0.5) is 0 Å². The molecule has 92 valence electrons. The highest BCUT2D eigenvalue weighted by molar-refractivity contribution is 5.78. The molecule has 5 nitrogen and oxygen atoms in total. The summed E-state index contributed by atoms with van der Waals surface area (Å²) >= 11 is 0. The Kier molecular flexibility index (Phi) is 4.15. The molecule has 1 aliphatic heterocycles. The Hall–Kier alpha value is -0.650. The van der Waals surface area contributed by atoms with Gasteiger partial charge in [0.1, 0.15) is 0 Å². The van der Waals surface area contributed by atoms with Crippen molar-refractivity contribution < 1.29 is 9.90 Å². The summed E-state index contributed by atoms with van der Waals surface area (Å²) in [6.07, 6.45) is 2.30. The van der Waals surface area contributed by atoms with Gasteiger partial charge >= 0.3 is 0 Å². The molecule has 1 saturated heterocycles. The summed E-state index contributed by atoms with van der Waals surface area (Å²) in [6.45, 7) is 5.28. The van der Waals surface area contributed by atoms with E-state index in [2.05, 4.69) is 15.1 Å². The summed E-state index contributed by atoms with van der Waals surface area (Å²) in [6, 6.07) is 0.461. The van der Waals surface area contributed by atoms with Crippen molar-refractivity contribution in [1.82, 2.24) is 15.1 Å². The van der Waals surface area contributed by atoms with Crippen LogP contribution in [-0.2, 0) is 4.79 Å². The predicted molar refractivity (Wildman–Crippen MR) is 61.1 cm³/mol. The number of hydrogen-bond acceptors (Lipinski definition) is 4. The number of amides is 1. The fraction of sp³-hybridized carbons (Fsp3) is 0.909. The molecule has 1 amide bonds. The van der Waals surface area contributed by atoms with E-state index in [4.69, 9.17) is 5.11 Å². The van der Waals surface area contributed by atoms with Gasteiger partial charge in [-0.2, -0.15) is 0 Å². The largest absolute Gasteiger partial charge is 0.395 e. The molecule has 5 heteroatoms. The summed E-state index contributed by atoms with van der Waals surface area (Å²) in [4.78, 5) is 16.0. The van der Waals surface area contributed by atoms with Gasteiger partial charge < -0.3 is 10.4 Å². The minimum absolute atomic E-state index is 0.165. The summed E-state index contributed by atoms with van der Waals surface area (Å²) in [5.74, 6) is 0.165. The van der Waals surface area contributed by atoms with Gasteiger partial charge in [-0.3, -0.25) is 14.6 Å². The lowest BCUT2D eigenvalue weighted by molar-refractivity contribution is -0.122. The van der Waals surface area contributed by atoms with E-state index >= 15 is 0 Å². The molecular formula is C11H21N3O2. The molecule has 16 heavy (non-hydrogen) atoms. The van der Waals surface area contributed by atoms with Gasteiger partial charge in [0.15, 0.2) is 0 Å². The van der Waals surface area contributed by atoms with Crippen LogP contribution in [0.3, 0.4) is 0 Å². The maximum Gasteiger partial charge on any atom is 0.234 e. The van der Waals surface area contributed by atoms with Crippen molar-refractivity contribution in [2.45, 2.75) is 18.9 Å². The van der Waals surface area contributed by atoms with Crippen molar-refractivity contribution >= 4 is 5.91 Å². The second-order valence-corrected chi connectivity index (χ2v) is 4.68. The molecule has 2 rings (SSSR count). The molecule has 0 atom stereocenters. The van der Waals surface area contributed by atoms with Gasteiger partial charge in [0.05, 0.1) is 13.2 Å². The zero-order valence-corrected chi connectivity index (χ0v) is 9.69. The first-order valence-corrected chi connectivity index (χ1v) is 6.13. The van der Waals surface area contributed by atoms with Gasteiger partial charge in [0.2, 0.25) is 5.91 Å². The average Bonchev–Trinajstić information content (AvgIpc) is 3.05. The van der Waals surface area contributed by atoms with Crippen molar-refractivity contribution in [2.75, 3.05) is 45.9 Å². The summed E-state index contributed by atoms with van der Waals surface area (Å²) in [7, 11) is 0. The first-order valence-electron chi connectivity index (χ1n) is 6.13. The molecule has 1 heterocycles. The molecule has 2 aliphatic rings. The van der Waals surface area contributed by atoms with Gasteiger partial charge in [-0.05, 0) is 12.8 Å². The molecule has 0 spiro atoms. The smallest absolute Gasteiger partial charge is 0.234 e. The molecule has 0 unspecified atom stereocenters. The Bertz CT molecular complexity index is 235. The quantitative estimate of drug-likeness (QED) is 0.624. The predicted octanol–water partition coefficient (Wildman–Crippen LogP) is -1.13. The lowest BCUT2D eigenvalue weighted by Crippen LogP contribution is -2.50. The van der Waals surface area contributed by atoms with E-state index in [1.807, 2.05) is 0 Å². The number of aliphatic hydroxyl groups excluding tert-OH is 1. The van der Waals surface area contributed by atoms with Crippen molar-refractivity contribution in [1.29, 1.82) is 0 Å². The third kappa shape index (κ3) is 3.73. The SMILES string of the molecule is O=C(CN1CCN(CCO)CC1)NC1CC1. The van der Waals surface area contributed by atoms with Gasteiger partial charge in [0, 0.05) is 38.8 Å². The molecule has 0 aromatic heterocycles. The number of β-amino-alcohol motifs (C(OH)–C–C–N with tert-alkyl or cyclic N) is 1. The summed E-state index contributed by atoms with van der Waals surface area (Å²) in [5, 5.41) is 11.8. The van der Waals surface area contributed by atoms with Gasteiger partial charge in [-0.25, -0.2) is 0 Å². The first-order chi connectivity index (χ1) is 7.78. The van der Waals surface area contributed by atoms with Crippen LogP contribution in [0.1, 0.15) is 12.8 Å². The minimum Gasteiger partial charge on any atom is -0.395 e. The van der Waals surface area contributed by atoms with E-state index in [1.165, 1.54) is 0 Å². The molecule has 0 bridgehead atoms. The normalized spacial score (nSPS) is 23.3. The summed E-state index contributed by atoms with van der Waals surface area (Å²) < 4.78 is 0. The molecule has 0 aromatic carbocycles. The molecule has 0 radical (unpaired) electrons. The van der Waals surface area contributed by atoms with E-state index < -0.39 is 0 Å². The standard InChI is InChI=1S/C11H21N3O2/c15-8-7-13-3-5-14(6-4-13)9-11(16)12-10-1-2-10/h10,15H,1-9H2,(H,12,16). The van der Waals surface area contributed by atoms with E-state index in [0.29, 0.717) is 12.6 Å². The number of hydrogen-bond donors (Lipinski definition) is 2. The van der Waals surface area contributed by atoms with Crippen LogP contribution in [0.2, 0.25) is 0 Å². The van der Waals surface area contributed by atoms with E-state index in [1.54, 1.807) is 0 Å². The number of piperazine rings is 1. The Morgan fingerprint density at radius 2 is 1.81 bits per heavy atom. The van der Waals surface area contributed by atoms with Crippen molar-refractivity contribution in [3.63, 3.8) is 0 Å². The Morgan fingerprint density at radius 1 is 1.19 bits per heavy atom. The maximum atomic E-state index is 11.6. The van der Waals surface area contributed by atoms with Crippen LogP contribution in [0.25, 0.3) is 0 Å². The molecule has 1 aliphatic carbocycles. The van der Waals surface area contributed by atoms with E-state index in [-0.39, 0.29) is 12.5 Å². The van der Waals surface area contributed by atoms with E-state index in [9.17, 15) is 4.79 Å². The number of nitrogens with one attached hydrogen (secondary N) is 1. The third-order valence-electron chi connectivity index (χ3n) is 3.19. The minimum atomic E-state index is 0.165. The topological polar surface area (TPSA) is 55.8 Å². The third-order valence-corrected chi connectivity index (χ3v) is 3.19. The highest BCUT2D eigenvalue weighted by Crippen LogP contribution is 2.18. The number of nitrogens with zero attached hydrogens (tertiary/aromatic N) is 2. The highest BCUT2D eigenvalue weighted by atomic mass is 16.3. The summed E-state index contributed by atoms with van der Waals surface area (Å²) in [5.41, 5.74) is 0. The molecule has 0 aromatic rings. The van der Waals surface area contributed by atoms with Crippen LogP contribution in [0.15, 0.2) is 0 Å². The van der Waals surface area contributed by atoms with Gasteiger partial charge in [0.25, 0.3) is 0 Å². The average molecular weight is 227 g/mol. The zero-order chi connectivity index (χ0) is 11.4. The first kappa shape index (κ1) is 11.8. The van der Waals surface area contributed by atoms with Crippen LogP contribution >= 0.6 is 0 Å². The number of carbonyl (C=O) groups is 1. The maximum absolute atomic E-state index is 11.6. The van der Waals surface area contributed by atoms with Crippen LogP contribution in [0.5, 0.6) is 0 Å². The molecule has 2 N–H and O–H groups in total. The van der Waals surface area contributed by atoms with Crippen molar-refractivity contribution in [3.8, 4) is 0 Å². The molecular weight excluding hydrogens is 206 g/mol. The fourth-order valence-corrected chi connectivity index (χ4v) is 2.02. The molecule has 1 saturated carbocycles. The number of aliphatic hydroxyl groups is 1.